The second kappa shape index (κ2) is 10.6. The highest BCUT2D eigenvalue weighted by molar-refractivity contribution is 5.98. The molecule has 0 radical (unpaired) electrons. The third-order valence-electron chi connectivity index (χ3n) is 7.40. The topological polar surface area (TPSA) is 120 Å². The van der Waals surface area contributed by atoms with Gasteiger partial charge in [0, 0.05) is 38.1 Å². The lowest BCUT2D eigenvalue weighted by atomic mass is 10.1. The monoisotopic (exact) mass is 526 g/mol. The Bertz CT molecular complexity index is 1610. The molecule has 1 fully saturated rings. The molecule has 0 spiro atoms. The van der Waals surface area contributed by atoms with Gasteiger partial charge in [-0.25, -0.2) is 14.6 Å². The number of fused-ring (bicyclic) bond motifs is 2. The molecule has 6 rings (SSSR count). The van der Waals surface area contributed by atoms with E-state index in [0.717, 1.165) is 95.7 Å². The van der Waals surface area contributed by atoms with Crippen molar-refractivity contribution in [2.45, 2.75) is 39.2 Å². The molecule has 202 valence electrons. The number of aromatic nitrogens is 5. The number of piperidine rings is 1. The van der Waals surface area contributed by atoms with Crippen LogP contribution < -0.4 is 11.1 Å². The first-order chi connectivity index (χ1) is 19.0. The van der Waals surface area contributed by atoms with E-state index in [1.165, 1.54) is 6.33 Å². The standard InChI is InChI=1S/C29H34N8O2/c1-18-14-19(2)26-23(15-18)34-29(39-26)33-21-9-7-20(8-10-21)25-24-27(30)31-17-32-28(24)37(35-25)22-6-4-11-36(16-22)12-5-13-38-3/h7-10,14-15,17,22H,4-6,11-13,16H2,1-3H3,(H,33,34)(H2,30,31,32). The molecule has 1 aliphatic heterocycles. The summed E-state index contributed by atoms with van der Waals surface area (Å²) < 4.78 is 13.3. The number of likely N-dealkylation sites (tertiary alicyclic amines) is 1. The molecule has 1 atom stereocenters. The van der Waals surface area contributed by atoms with Gasteiger partial charge in [-0.2, -0.15) is 10.1 Å². The van der Waals surface area contributed by atoms with Gasteiger partial charge in [0.05, 0.1) is 11.4 Å². The van der Waals surface area contributed by atoms with Gasteiger partial charge >= 0.3 is 0 Å². The minimum Gasteiger partial charge on any atom is -0.423 e. The zero-order valence-corrected chi connectivity index (χ0v) is 22.6. The molecular weight excluding hydrogens is 492 g/mol. The van der Waals surface area contributed by atoms with Crippen molar-refractivity contribution in [1.82, 2.24) is 29.6 Å². The highest BCUT2D eigenvalue weighted by atomic mass is 16.5. The van der Waals surface area contributed by atoms with Crippen molar-refractivity contribution in [2.75, 3.05) is 44.4 Å². The van der Waals surface area contributed by atoms with Crippen molar-refractivity contribution in [3.05, 3.63) is 53.9 Å². The molecule has 10 heteroatoms. The molecular formula is C29H34N8O2. The summed E-state index contributed by atoms with van der Waals surface area (Å²) in [5.41, 5.74) is 13.6. The van der Waals surface area contributed by atoms with Crippen LogP contribution in [0, 0.1) is 13.8 Å². The highest BCUT2D eigenvalue weighted by Gasteiger charge is 2.26. The normalized spacial score (nSPS) is 16.3. The number of ether oxygens (including phenoxy) is 1. The first-order valence-corrected chi connectivity index (χ1v) is 13.5. The van der Waals surface area contributed by atoms with Crippen LogP contribution in [0.3, 0.4) is 0 Å². The zero-order valence-electron chi connectivity index (χ0n) is 22.6. The van der Waals surface area contributed by atoms with Crippen LogP contribution in [0.15, 0.2) is 47.1 Å². The van der Waals surface area contributed by atoms with Gasteiger partial charge in [0.2, 0.25) is 0 Å². The lowest BCUT2D eigenvalue weighted by Gasteiger charge is -2.32. The van der Waals surface area contributed by atoms with Gasteiger partial charge in [-0.15, -0.1) is 0 Å². The Balaban J connectivity index is 1.27. The third kappa shape index (κ3) is 5.05. The summed E-state index contributed by atoms with van der Waals surface area (Å²) in [5.74, 6) is 0.438. The van der Waals surface area contributed by atoms with E-state index >= 15 is 0 Å². The number of nitrogens with two attached hydrogens (primary N) is 1. The zero-order chi connectivity index (χ0) is 26.9. The molecule has 0 bridgehead atoms. The van der Waals surface area contributed by atoms with E-state index < -0.39 is 0 Å². The Morgan fingerprint density at radius 1 is 1.15 bits per heavy atom. The van der Waals surface area contributed by atoms with Crippen molar-refractivity contribution >= 4 is 39.7 Å². The molecule has 10 nitrogen and oxygen atoms in total. The predicted octanol–water partition coefficient (Wildman–Crippen LogP) is 5.25. The fourth-order valence-electron chi connectivity index (χ4n) is 5.58. The molecule has 1 saturated heterocycles. The maximum Gasteiger partial charge on any atom is 0.300 e. The Labute approximate surface area is 227 Å². The number of anilines is 3. The fourth-order valence-corrected chi connectivity index (χ4v) is 5.58. The summed E-state index contributed by atoms with van der Waals surface area (Å²) in [6.07, 6.45) is 4.71. The number of nitrogen functional groups attached to an aromatic ring is 1. The first kappa shape index (κ1) is 25.3. The van der Waals surface area contributed by atoms with E-state index in [0.29, 0.717) is 11.8 Å². The number of oxazole rings is 1. The van der Waals surface area contributed by atoms with Crippen molar-refractivity contribution in [1.29, 1.82) is 0 Å². The first-order valence-electron chi connectivity index (χ1n) is 13.5. The Morgan fingerprint density at radius 2 is 2.00 bits per heavy atom. The van der Waals surface area contributed by atoms with Crippen LogP contribution in [-0.4, -0.2) is 63.0 Å². The van der Waals surface area contributed by atoms with Crippen molar-refractivity contribution in [2.24, 2.45) is 0 Å². The summed E-state index contributed by atoms with van der Waals surface area (Å²) in [4.78, 5) is 16.0. The number of hydrogen-bond donors (Lipinski definition) is 2. The molecule has 3 aromatic heterocycles. The smallest absolute Gasteiger partial charge is 0.300 e. The van der Waals surface area contributed by atoms with Crippen LogP contribution in [0.1, 0.15) is 36.4 Å². The van der Waals surface area contributed by atoms with Crippen LogP contribution in [0.5, 0.6) is 0 Å². The molecule has 0 saturated carbocycles. The van der Waals surface area contributed by atoms with Gasteiger partial charge in [-0.05, 0) is 69.0 Å². The summed E-state index contributed by atoms with van der Waals surface area (Å²) in [6, 6.07) is 12.8. The van der Waals surface area contributed by atoms with E-state index in [4.69, 9.17) is 20.0 Å². The lowest BCUT2D eigenvalue weighted by Crippen LogP contribution is -2.37. The molecule has 4 heterocycles. The summed E-state index contributed by atoms with van der Waals surface area (Å²) in [6.45, 7) is 7.90. The Hall–Kier alpha value is -4.02. The largest absolute Gasteiger partial charge is 0.423 e. The fraction of sp³-hybridized carbons (Fsp3) is 0.379. The molecule has 3 N–H and O–H groups in total. The van der Waals surface area contributed by atoms with E-state index in [1.807, 2.05) is 37.3 Å². The van der Waals surface area contributed by atoms with Crippen LogP contribution in [0.2, 0.25) is 0 Å². The van der Waals surface area contributed by atoms with Crippen LogP contribution in [0.4, 0.5) is 17.5 Å². The quantitative estimate of drug-likeness (QED) is 0.261. The van der Waals surface area contributed by atoms with Gasteiger partial charge in [-0.3, -0.25) is 0 Å². The molecule has 0 aliphatic carbocycles. The average Bonchev–Trinajstić information content (AvgIpc) is 3.52. The Kier molecular flexibility index (Phi) is 6.88. The minimum absolute atomic E-state index is 0.221. The number of nitrogens with zero attached hydrogens (tertiary/aromatic N) is 6. The third-order valence-corrected chi connectivity index (χ3v) is 7.40. The van der Waals surface area contributed by atoms with Gasteiger partial charge in [0.25, 0.3) is 6.01 Å². The van der Waals surface area contributed by atoms with Gasteiger partial charge < -0.3 is 25.1 Å². The Morgan fingerprint density at radius 3 is 2.82 bits per heavy atom. The molecule has 5 aromatic rings. The number of nitrogens with one attached hydrogen (secondary N) is 1. The SMILES string of the molecule is COCCCN1CCCC(n2nc(-c3ccc(Nc4nc5cc(C)cc(C)c5o4)cc3)c3c(N)ncnc32)C1. The summed E-state index contributed by atoms with van der Waals surface area (Å²) in [5, 5.41) is 9.14. The summed E-state index contributed by atoms with van der Waals surface area (Å²) >= 11 is 0. The second-order valence-corrected chi connectivity index (χ2v) is 10.3. The molecule has 0 amide bonds. The number of methoxy groups -OCH3 is 1. The number of hydrogen-bond acceptors (Lipinski definition) is 9. The second-order valence-electron chi connectivity index (χ2n) is 10.3. The van der Waals surface area contributed by atoms with Crippen molar-refractivity contribution < 1.29 is 9.15 Å². The van der Waals surface area contributed by atoms with Gasteiger partial charge in [-0.1, -0.05) is 18.2 Å². The number of rotatable bonds is 8. The summed E-state index contributed by atoms with van der Waals surface area (Å²) in [7, 11) is 1.75. The van der Waals surface area contributed by atoms with Gasteiger partial charge in [0.15, 0.2) is 11.2 Å². The number of aryl methyl sites for hydroxylation is 2. The molecule has 39 heavy (non-hydrogen) atoms. The highest BCUT2D eigenvalue weighted by Crippen LogP contribution is 2.34. The van der Waals surface area contributed by atoms with Crippen LogP contribution in [0.25, 0.3) is 33.4 Å². The van der Waals surface area contributed by atoms with E-state index in [-0.39, 0.29) is 6.04 Å². The van der Waals surface area contributed by atoms with E-state index in [9.17, 15) is 0 Å². The molecule has 2 aromatic carbocycles. The van der Waals surface area contributed by atoms with Crippen LogP contribution in [-0.2, 0) is 4.74 Å². The van der Waals surface area contributed by atoms with E-state index in [1.54, 1.807) is 7.11 Å². The lowest BCUT2D eigenvalue weighted by molar-refractivity contribution is 0.140. The molecule has 1 aliphatic rings. The van der Waals surface area contributed by atoms with Crippen molar-refractivity contribution in [3.63, 3.8) is 0 Å². The van der Waals surface area contributed by atoms with E-state index in [2.05, 4.69) is 42.8 Å². The average molecular weight is 527 g/mol. The molecule has 1 unspecified atom stereocenters. The maximum atomic E-state index is 6.38. The predicted molar refractivity (Wildman–Crippen MR) is 153 cm³/mol. The number of benzene rings is 2. The van der Waals surface area contributed by atoms with Gasteiger partial charge in [0.1, 0.15) is 23.4 Å². The minimum atomic E-state index is 0.221. The van der Waals surface area contributed by atoms with Crippen molar-refractivity contribution in [3.8, 4) is 11.3 Å². The maximum absolute atomic E-state index is 6.38. The van der Waals surface area contributed by atoms with Crippen LogP contribution >= 0.6 is 0 Å².